The maximum atomic E-state index is 6.01. The monoisotopic (exact) mass is 482 g/mol. The zero-order valence-electron chi connectivity index (χ0n) is 21.5. The summed E-state index contributed by atoms with van der Waals surface area (Å²) in [4.78, 5) is 0. The Morgan fingerprint density at radius 3 is 2.12 bits per heavy atom. The molecule has 2 rings (SSSR count). The first kappa shape index (κ1) is 28.7. The number of aromatic nitrogens is 1. The van der Waals surface area contributed by atoms with E-state index in [0.29, 0.717) is 13.2 Å². The zero-order chi connectivity index (χ0) is 23.2. The number of rotatable bonds is 23. The van der Waals surface area contributed by atoms with Crippen molar-refractivity contribution in [2.45, 2.75) is 141 Å². The minimum atomic E-state index is 0.000846. The summed E-state index contributed by atoms with van der Waals surface area (Å²) in [6, 6.07) is 0. The molecule has 1 aliphatic heterocycles. The largest absolute Gasteiger partial charge is 0.379 e. The second kappa shape index (κ2) is 20.8. The highest BCUT2D eigenvalue weighted by molar-refractivity contribution is 7.07. The Bertz CT molecular complexity index is 525. The molecule has 33 heavy (non-hydrogen) atoms. The van der Waals surface area contributed by atoms with Gasteiger partial charge in [-0.05, 0) is 25.7 Å². The predicted molar refractivity (Wildman–Crippen MR) is 139 cm³/mol. The lowest BCUT2D eigenvalue weighted by Gasteiger charge is -2.12. The van der Waals surface area contributed by atoms with Crippen LogP contribution in [0.4, 0.5) is 0 Å². The smallest absolute Gasteiger partial charge is 0.224 e. The van der Waals surface area contributed by atoms with Gasteiger partial charge in [-0.25, -0.2) is 0 Å². The van der Waals surface area contributed by atoms with E-state index in [9.17, 15) is 0 Å². The molecule has 2 heterocycles. The highest BCUT2D eigenvalue weighted by Gasteiger charge is 2.25. The average Bonchev–Trinajstić information content (AvgIpc) is 3.51. The summed E-state index contributed by atoms with van der Waals surface area (Å²) in [5.74, 6) is 0. The number of hydrogen-bond donors (Lipinski definition) is 0. The van der Waals surface area contributed by atoms with Gasteiger partial charge in [0.1, 0.15) is 12.6 Å². The molecule has 2 atom stereocenters. The molecule has 0 saturated carbocycles. The van der Waals surface area contributed by atoms with Crippen molar-refractivity contribution in [3.05, 3.63) is 17.1 Å². The Kier molecular flexibility index (Phi) is 18.2. The number of unbranched alkanes of at least 4 members (excludes halogenated alkanes) is 15. The molecule has 0 bridgehead atoms. The molecule has 192 valence electrons. The fourth-order valence-corrected chi connectivity index (χ4v) is 5.16. The van der Waals surface area contributed by atoms with Crippen LogP contribution in [0.1, 0.15) is 122 Å². The van der Waals surface area contributed by atoms with E-state index in [0.717, 1.165) is 26.0 Å². The molecule has 1 aromatic rings. The molecule has 0 N–H and O–H groups in total. The molecule has 0 spiro atoms. The number of ether oxygens (including phenoxy) is 3. The lowest BCUT2D eigenvalue weighted by Crippen LogP contribution is -2.29. The molecule has 5 heteroatoms. The van der Waals surface area contributed by atoms with Gasteiger partial charge in [-0.15, -0.1) is 0 Å². The van der Waals surface area contributed by atoms with Crippen molar-refractivity contribution in [2.75, 3.05) is 19.8 Å². The topological polar surface area (TPSA) is 31.6 Å². The SMILES string of the molecule is CCCCCCCCCCCCCCCC1OCC(COCCCCCC[n+]2ccsc2)O1. The van der Waals surface area contributed by atoms with Gasteiger partial charge < -0.3 is 14.2 Å². The van der Waals surface area contributed by atoms with Crippen LogP contribution in [0.2, 0.25) is 0 Å². The van der Waals surface area contributed by atoms with Gasteiger partial charge in [0.05, 0.1) is 18.6 Å². The van der Waals surface area contributed by atoms with Crippen LogP contribution in [-0.2, 0) is 20.8 Å². The highest BCUT2D eigenvalue weighted by Crippen LogP contribution is 2.19. The first-order valence-corrected chi connectivity index (χ1v) is 15.1. The van der Waals surface area contributed by atoms with Crippen molar-refractivity contribution >= 4 is 11.3 Å². The molecule has 0 aliphatic carbocycles. The van der Waals surface area contributed by atoms with Crippen LogP contribution < -0.4 is 4.57 Å². The van der Waals surface area contributed by atoms with E-state index >= 15 is 0 Å². The van der Waals surface area contributed by atoms with E-state index in [-0.39, 0.29) is 12.4 Å². The molecule has 1 saturated heterocycles. The minimum Gasteiger partial charge on any atom is -0.379 e. The Hall–Kier alpha value is -0.490. The number of nitrogens with zero attached hydrogens (tertiary/aromatic N) is 1. The molecule has 0 radical (unpaired) electrons. The Labute approximate surface area is 208 Å². The molecule has 1 aliphatic rings. The number of hydrogen-bond acceptors (Lipinski definition) is 4. The fraction of sp³-hybridized carbons (Fsp3) is 0.893. The van der Waals surface area contributed by atoms with Crippen molar-refractivity contribution in [3.8, 4) is 0 Å². The average molecular weight is 483 g/mol. The van der Waals surface area contributed by atoms with Gasteiger partial charge in [0.15, 0.2) is 12.5 Å². The molecular weight excluding hydrogens is 430 g/mol. The molecule has 0 amide bonds. The van der Waals surface area contributed by atoms with Crippen molar-refractivity contribution in [2.24, 2.45) is 0 Å². The Balaban J connectivity index is 1.27. The summed E-state index contributed by atoms with van der Waals surface area (Å²) in [6.07, 6.45) is 26.4. The van der Waals surface area contributed by atoms with Gasteiger partial charge >= 0.3 is 0 Å². The van der Waals surface area contributed by atoms with Gasteiger partial charge in [0, 0.05) is 13.0 Å². The molecule has 0 aromatic carbocycles. The van der Waals surface area contributed by atoms with E-state index in [4.69, 9.17) is 14.2 Å². The summed E-state index contributed by atoms with van der Waals surface area (Å²) < 4.78 is 19.9. The van der Waals surface area contributed by atoms with Gasteiger partial charge in [-0.2, -0.15) is 4.57 Å². The zero-order valence-corrected chi connectivity index (χ0v) is 22.3. The van der Waals surface area contributed by atoms with Crippen molar-refractivity contribution in [1.82, 2.24) is 0 Å². The van der Waals surface area contributed by atoms with Crippen LogP contribution in [0.25, 0.3) is 0 Å². The van der Waals surface area contributed by atoms with Gasteiger partial charge in [0.25, 0.3) is 0 Å². The van der Waals surface area contributed by atoms with Crippen LogP contribution in [0.3, 0.4) is 0 Å². The molecule has 4 nitrogen and oxygen atoms in total. The van der Waals surface area contributed by atoms with E-state index in [1.807, 2.05) is 0 Å². The van der Waals surface area contributed by atoms with Crippen LogP contribution >= 0.6 is 11.3 Å². The maximum Gasteiger partial charge on any atom is 0.224 e. The summed E-state index contributed by atoms with van der Waals surface area (Å²) in [7, 11) is 0. The second-order valence-corrected chi connectivity index (χ2v) is 10.6. The summed E-state index contributed by atoms with van der Waals surface area (Å²) in [5, 5.41) is 2.13. The summed E-state index contributed by atoms with van der Waals surface area (Å²) >= 11 is 1.76. The van der Waals surface area contributed by atoms with E-state index in [2.05, 4.69) is 28.6 Å². The normalized spacial score (nSPS) is 18.3. The second-order valence-electron chi connectivity index (χ2n) is 9.81. The number of thiazole rings is 1. The minimum absolute atomic E-state index is 0.000846. The third kappa shape index (κ3) is 15.9. The van der Waals surface area contributed by atoms with Crippen molar-refractivity contribution < 1.29 is 18.8 Å². The lowest BCUT2D eigenvalue weighted by atomic mass is 10.0. The molecule has 1 aromatic heterocycles. The predicted octanol–water partition coefficient (Wildman–Crippen LogP) is 7.84. The fourth-order valence-electron chi connectivity index (χ4n) is 4.53. The van der Waals surface area contributed by atoms with Crippen molar-refractivity contribution in [1.29, 1.82) is 0 Å². The standard InChI is InChI=1S/C28H52NO3S/c1-2-3-4-5-6-7-8-9-10-11-12-13-16-19-28-31-25-27(32-28)24-30-22-18-15-14-17-20-29-21-23-33-26-29/h21,23,26-28H,2-20,22,24-25H2,1H3/q+1. The first-order valence-electron chi connectivity index (χ1n) is 14.1. The Morgan fingerprint density at radius 2 is 1.45 bits per heavy atom. The highest BCUT2D eigenvalue weighted by atomic mass is 32.1. The third-order valence-corrected chi connectivity index (χ3v) is 7.31. The van der Waals surface area contributed by atoms with Crippen LogP contribution in [0.5, 0.6) is 0 Å². The summed E-state index contributed by atoms with van der Waals surface area (Å²) in [5.41, 5.74) is 2.18. The van der Waals surface area contributed by atoms with E-state index in [1.165, 1.54) is 103 Å². The molecule has 1 fully saturated rings. The van der Waals surface area contributed by atoms with E-state index < -0.39 is 0 Å². The molecular formula is C28H52NO3S+. The quantitative estimate of drug-likeness (QED) is 0.118. The van der Waals surface area contributed by atoms with Crippen LogP contribution in [0, 0.1) is 0 Å². The number of aryl methyl sites for hydroxylation is 1. The lowest BCUT2D eigenvalue weighted by molar-refractivity contribution is -0.692. The maximum absolute atomic E-state index is 6.01. The van der Waals surface area contributed by atoms with Gasteiger partial charge in [-0.1, -0.05) is 102 Å². The van der Waals surface area contributed by atoms with Crippen LogP contribution in [0.15, 0.2) is 17.1 Å². The summed E-state index contributed by atoms with van der Waals surface area (Å²) in [6.45, 7) is 5.64. The Morgan fingerprint density at radius 1 is 0.818 bits per heavy atom. The van der Waals surface area contributed by atoms with Crippen LogP contribution in [-0.4, -0.2) is 32.2 Å². The van der Waals surface area contributed by atoms with Crippen molar-refractivity contribution in [3.63, 3.8) is 0 Å². The van der Waals surface area contributed by atoms with Gasteiger partial charge in [0.2, 0.25) is 5.51 Å². The molecule has 2 unspecified atom stereocenters. The third-order valence-electron chi connectivity index (χ3n) is 6.64. The van der Waals surface area contributed by atoms with Gasteiger partial charge in [-0.3, -0.25) is 0 Å². The van der Waals surface area contributed by atoms with E-state index in [1.54, 1.807) is 11.3 Å². The first-order chi connectivity index (χ1) is 16.4.